The third-order valence-electron chi connectivity index (χ3n) is 6.62. The molecule has 0 bridgehead atoms. The zero-order valence-electron chi connectivity index (χ0n) is 21.9. The first-order valence-corrected chi connectivity index (χ1v) is 12.5. The minimum atomic E-state index is -0.622. The number of benzene rings is 2. The number of rotatable bonds is 8. The molecule has 3 aromatic rings. The topological polar surface area (TPSA) is 84.3 Å². The van der Waals surface area contributed by atoms with Crippen molar-refractivity contribution in [3.05, 3.63) is 70.0 Å². The van der Waals surface area contributed by atoms with E-state index in [9.17, 15) is 14.4 Å². The fourth-order valence-corrected chi connectivity index (χ4v) is 4.68. The Morgan fingerprint density at radius 2 is 1.63 bits per heavy atom. The summed E-state index contributed by atoms with van der Waals surface area (Å²) in [6.07, 6.45) is 0. The summed E-state index contributed by atoms with van der Waals surface area (Å²) < 4.78 is 12.2. The van der Waals surface area contributed by atoms with Crippen LogP contribution in [0.1, 0.15) is 35.1 Å². The Morgan fingerprint density at radius 3 is 2.24 bits per heavy atom. The molecule has 1 saturated heterocycles. The molecule has 9 heteroatoms. The van der Waals surface area contributed by atoms with E-state index in [4.69, 9.17) is 9.47 Å². The Labute approximate surface area is 224 Å². The molecule has 0 N–H and O–H groups in total. The molecule has 4 rings (SSSR count). The lowest BCUT2D eigenvalue weighted by atomic mass is 10.1. The number of fused-ring (bicyclic) bond motifs is 1. The summed E-state index contributed by atoms with van der Waals surface area (Å²) in [6.45, 7) is 4.90. The van der Waals surface area contributed by atoms with Crippen molar-refractivity contribution in [2.24, 2.45) is 0 Å². The van der Waals surface area contributed by atoms with Gasteiger partial charge >= 0.3 is 5.97 Å². The molecule has 0 spiro atoms. The number of anilines is 1. The summed E-state index contributed by atoms with van der Waals surface area (Å²) in [6, 6.07) is 14.7. The minimum Gasteiger partial charge on any atom is -0.497 e. The largest absolute Gasteiger partial charge is 0.497 e. The van der Waals surface area contributed by atoms with Crippen LogP contribution in [-0.2, 0) is 11.3 Å². The van der Waals surface area contributed by atoms with Gasteiger partial charge in [-0.15, -0.1) is 0 Å². The second-order valence-electron chi connectivity index (χ2n) is 9.23. The number of nitrogens with zero attached hydrogens (tertiary/aromatic N) is 4. The number of methoxy groups -OCH3 is 1. The first kappa shape index (κ1) is 28.7. The maximum absolute atomic E-state index is 13.7. The first-order valence-electron chi connectivity index (χ1n) is 12.5. The van der Waals surface area contributed by atoms with Crippen molar-refractivity contribution in [1.82, 2.24) is 14.4 Å². The van der Waals surface area contributed by atoms with Crippen LogP contribution in [0.15, 0.2) is 53.3 Å². The lowest BCUT2D eigenvalue weighted by Crippen LogP contribution is -2.49. The summed E-state index contributed by atoms with van der Waals surface area (Å²) in [5, 5.41) is 0.818. The highest BCUT2D eigenvalue weighted by atomic mass is 16.5. The van der Waals surface area contributed by atoms with Crippen LogP contribution in [0.5, 0.6) is 5.75 Å². The molecule has 0 saturated carbocycles. The van der Waals surface area contributed by atoms with Crippen LogP contribution in [0.4, 0.5) is 5.69 Å². The van der Waals surface area contributed by atoms with E-state index in [1.807, 2.05) is 48.2 Å². The molecule has 0 aliphatic carbocycles. The summed E-state index contributed by atoms with van der Waals surface area (Å²) in [5.74, 6) is 0.0144. The van der Waals surface area contributed by atoms with Gasteiger partial charge in [0.1, 0.15) is 11.3 Å². The van der Waals surface area contributed by atoms with Crippen molar-refractivity contribution in [1.29, 1.82) is 0 Å². The van der Waals surface area contributed by atoms with E-state index in [0.717, 1.165) is 10.9 Å². The smallest absolute Gasteiger partial charge is 0.345 e. The van der Waals surface area contributed by atoms with Crippen molar-refractivity contribution in [2.75, 3.05) is 65.4 Å². The number of piperazine rings is 1. The van der Waals surface area contributed by atoms with Gasteiger partial charge in [0.2, 0.25) is 0 Å². The molecule has 2 heterocycles. The monoisotopic (exact) mass is 522 g/mol. The Bertz CT molecular complexity index is 1330. The average Bonchev–Trinajstić information content (AvgIpc) is 2.91. The van der Waals surface area contributed by atoms with Gasteiger partial charge in [0, 0.05) is 50.2 Å². The van der Waals surface area contributed by atoms with E-state index in [2.05, 4.69) is 0 Å². The molecule has 0 unspecified atom stereocenters. The van der Waals surface area contributed by atoms with Crippen LogP contribution < -0.4 is 15.2 Å². The molecule has 1 aliphatic rings. The number of para-hydroxylation sites is 1. The second-order valence-corrected chi connectivity index (χ2v) is 9.23. The standard InChI is InChI=1S/C28H34N4O5.CH4/c1-5-37-28(35)24-25(22-8-6-7-9-23(22)32(27(24)34)19-14-29(2)3)30-15-17-31(18-16-30)26(33)20-10-12-21(36-4)13-11-20;/h6-13H,5,14-19H2,1-4H3;1H4. The van der Waals surface area contributed by atoms with Crippen LogP contribution >= 0.6 is 0 Å². The molecule has 1 aliphatic heterocycles. The van der Waals surface area contributed by atoms with Gasteiger partial charge in [-0.3, -0.25) is 9.59 Å². The molecule has 0 radical (unpaired) electrons. The number of esters is 1. The first-order chi connectivity index (χ1) is 17.8. The number of hydrogen-bond donors (Lipinski definition) is 0. The Hall–Kier alpha value is -3.85. The lowest BCUT2D eigenvalue weighted by molar-refractivity contribution is 0.0523. The van der Waals surface area contributed by atoms with Crippen molar-refractivity contribution < 1.29 is 19.1 Å². The van der Waals surface area contributed by atoms with Crippen LogP contribution in [-0.4, -0.2) is 86.8 Å². The number of hydrogen-bond acceptors (Lipinski definition) is 7. The predicted molar refractivity (Wildman–Crippen MR) is 151 cm³/mol. The number of carbonyl (C=O) groups excluding carboxylic acids is 2. The van der Waals surface area contributed by atoms with E-state index >= 15 is 0 Å². The normalized spacial score (nSPS) is 13.4. The molecule has 0 atom stereocenters. The van der Waals surface area contributed by atoms with E-state index in [0.29, 0.717) is 56.3 Å². The molecule has 9 nitrogen and oxygen atoms in total. The van der Waals surface area contributed by atoms with Crippen molar-refractivity contribution in [3.63, 3.8) is 0 Å². The third-order valence-corrected chi connectivity index (χ3v) is 6.62. The summed E-state index contributed by atoms with van der Waals surface area (Å²) in [7, 11) is 5.48. The fraction of sp³-hybridized carbons (Fsp3) is 0.414. The number of likely N-dealkylation sites (N-methyl/N-ethyl adjacent to an activating group) is 1. The van der Waals surface area contributed by atoms with Crippen LogP contribution in [0.2, 0.25) is 0 Å². The number of amides is 1. The molecule has 204 valence electrons. The predicted octanol–water partition coefficient (Wildman–Crippen LogP) is 3.35. The molecule has 1 amide bonds. The van der Waals surface area contributed by atoms with Gasteiger partial charge in [0.15, 0.2) is 0 Å². The molecule has 2 aromatic carbocycles. The molecule has 38 heavy (non-hydrogen) atoms. The van der Waals surface area contributed by atoms with Gasteiger partial charge in [-0.2, -0.15) is 0 Å². The Morgan fingerprint density at radius 1 is 0.974 bits per heavy atom. The van der Waals surface area contributed by atoms with E-state index in [-0.39, 0.29) is 31.1 Å². The van der Waals surface area contributed by atoms with E-state index in [1.54, 1.807) is 47.8 Å². The van der Waals surface area contributed by atoms with Gasteiger partial charge in [0.05, 0.1) is 24.9 Å². The maximum atomic E-state index is 13.7. The zero-order chi connectivity index (χ0) is 26.5. The summed E-state index contributed by atoms with van der Waals surface area (Å²) in [5.41, 5.74) is 1.64. The lowest BCUT2D eigenvalue weighted by Gasteiger charge is -2.37. The molecular formula is C29H38N4O5. The minimum absolute atomic E-state index is 0. The van der Waals surface area contributed by atoms with Gasteiger partial charge < -0.3 is 28.7 Å². The number of pyridine rings is 1. The van der Waals surface area contributed by atoms with E-state index < -0.39 is 5.97 Å². The molecule has 1 aromatic heterocycles. The van der Waals surface area contributed by atoms with Gasteiger partial charge in [0.25, 0.3) is 11.5 Å². The van der Waals surface area contributed by atoms with Gasteiger partial charge in [-0.05, 0) is 51.4 Å². The Kier molecular flexibility index (Phi) is 9.52. The van der Waals surface area contributed by atoms with Crippen LogP contribution in [0, 0.1) is 0 Å². The summed E-state index contributed by atoms with van der Waals surface area (Å²) >= 11 is 0. The highest BCUT2D eigenvalue weighted by molar-refractivity contribution is 6.05. The molecular weight excluding hydrogens is 484 g/mol. The van der Waals surface area contributed by atoms with E-state index in [1.165, 1.54) is 0 Å². The quantitative estimate of drug-likeness (QED) is 0.420. The maximum Gasteiger partial charge on any atom is 0.345 e. The van der Waals surface area contributed by atoms with Crippen molar-refractivity contribution in [2.45, 2.75) is 20.9 Å². The van der Waals surface area contributed by atoms with Crippen molar-refractivity contribution >= 4 is 28.5 Å². The number of ether oxygens (including phenoxy) is 2. The van der Waals surface area contributed by atoms with Gasteiger partial charge in [-0.1, -0.05) is 25.6 Å². The third kappa shape index (κ3) is 5.83. The Balaban J connectivity index is 0.00000400. The highest BCUT2D eigenvalue weighted by Gasteiger charge is 2.30. The number of aromatic nitrogens is 1. The van der Waals surface area contributed by atoms with Crippen LogP contribution in [0.3, 0.4) is 0 Å². The highest BCUT2D eigenvalue weighted by Crippen LogP contribution is 2.31. The summed E-state index contributed by atoms with van der Waals surface area (Å²) in [4.78, 5) is 45.8. The van der Waals surface area contributed by atoms with Crippen molar-refractivity contribution in [3.8, 4) is 5.75 Å². The van der Waals surface area contributed by atoms with Gasteiger partial charge in [-0.25, -0.2) is 4.79 Å². The second kappa shape index (κ2) is 12.6. The fourth-order valence-electron chi connectivity index (χ4n) is 4.68. The van der Waals surface area contributed by atoms with Crippen LogP contribution in [0.25, 0.3) is 10.9 Å². The SMILES string of the molecule is C.CCOC(=O)c1c(N2CCN(C(=O)c3ccc(OC)cc3)CC2)c2ccccc2n(CCN(C)C)c1=O. The zero-order valence-corrected chi connectivity index (χ0v) is 21.9. The number of carbonyl (C=O) groups is 2. The molecule has 1 fully saturated rings. The average molecular weight is 523 g/mol.